The van der Waals surface area contributed by atoms with Gasteiger partial charge in [0, 0.05) is 13.0 Å². The number of aliphatic hydroxyl groups is 1. The fourth-order valence-corrected chi connectivity index (χ4v) is 1.01. The number of carbonyl (C=O) groups excluding carboxylic acids is 1. The first-order chi connectivity index (χ1) is 5.07. The van der Waals surface area contributed by atoms with E-state index in [9.17, 15) is 4.79 Å². The molecule has 0 radical (unpaired) electrons. The maximum Gasteiger partial charge on any atom is 0.217 e. The third-order valence-corrected chi connectivity index (χ3v) is 2.08. The van der Waals surface area contributed by atoms with E-state index in [2.05, 4.69) is 0 Å². The molecule has 1 amide bonds. The van der Waals surface area contributed by atoms with E-state index >= 15 is 0 Å². The van der Waals surface area contributed by atoms with E-state index in [-0.39, 0.29) is 18.4 Å². The molecule has 0 rings (SSSR count). The van der Waals surface area contributed by atoms with E-state index in [1.165, 1.54) is 0 Å². The first-order valence-electron chi connectivity index (χ1n) is 3.97. The molecule has 3 N–H and O–H groups in total. The molecule has 0 fully saturated rings. The van der Waals surface area contributed by atoms with Gasteiger partial charge in [-0.1, -0.05) is 13.8 Å². The van der Waals surface area contributed by atoms with Crippen molar-refractivity contribution in [1.82, 2.24) is 0 Å². The van der Waals surface area contributed by atoms with Crippen molar-refractivity contribution in [2.45, 2.75) is 26.7 Å². The monoisotopic (exact) mass is 159 g/mol. The molecular weight excluding hydrogens is 142 g/mol. The van der Waals surface area contributed by atoms with Crippen LogP contribution in [0.25, 0.3) is 0 Å². The van der Waals surface area contributed by atoms with E-state index in [0.717, 1.165) is 6.42 Å². The fraction of sp³-hybridized carbons (Fsp3) is 0.875. The third kappa shape index (κ3) is 4.79. The Morgan fingerprint density at radius 2 is 2.00 bits per heavy atom. The quantitative estimate of drug-likeness (QED) is 0.614. The molecule has 3 nitrogen and oxygen atoms in total. The first-order valence-corrected chi connectivity index (χ1v) is 3.97. The smallest absolute Gasteiger partial charge is 0.217 e. The van der Waals surface area contributed by atoms with Crippen molar-refractivity contribution in [3.8, 4) is 0 Å². The van der Waals surface area contributed by atoms with Gasteiger partial charge < -0.3 is 10.8 Å². The van der Waals surface area contributed by atoms with Gasteiger partial charge in [-0.15, -0.1) is 0 Å². The van der Waals surface area contributed by atoms with Gasteiger partial charge in [0.25, 0.3) is 0 Å². The number of primary amides is 1. The highest BCUT2D eigenvalue weighted by atomic mass is 16.3. The minimum Gasteiger partial charge on any atom is -0.396 e. The maximum absolute atomic E-state index is 10.5. The molecule has 3 heteroatoms. The second-order valence-electron chi connectivity index (χ2n) is 3.14. The van der Waals surface area contributed by atoms with Crippen LogP contribution in [0.4, 0.5) is 0 Å². The molecule has 0 aromatic rings. The minimum absolute atomic E-state index is 0.185. The van der Waals surface area contributed by atoms with Gasteiger partial charge in [-0.05, 0) is 18.3 Å². The van der Waals surface area contributed by atoms with Crippen LogP contribution in [0.5, 0.6) is 0 Å². The topological polar surface area (TPSA) is 63.3 Å². The highest BCUT2D eigenvalue weighted by Gasteiger charge is 2.13. The maximum atomic E-state index is 10.5. The van der Waals surface area contributed by atoms with E-state index in [0.29, 0.717) is 12.3 Å². The minimum atomic E-state index is -0.262. The first kappa shape index (κ1) is 10.4. The van der Waals surface area contributed by atoms with Crippen LogP contribution in [-0.2, 0) is 4.79 Å². The van der Waals surface area contributed by atoms with Gasteiger partial charge in [-0.25, -0.2) is 0 Å². The van der Waals surface area contributed by atoms with E-state index in [1.807, 2.05) is 13.8 Å². The predicted octanol–water partition coefficient (Wildman–Crippen LogP) is 0.516. The Bertz CT molecular complexity index is 125. The number of aliphatic hydroxyl groups excluding tert-OH is 1. The highest BCUT2D eigenvalue weighted by molar-refractivity contribution is 5.73. The number of amides is 1. The molecule has 0 aliphatic heterocycles. The molecule has 0 heterocycles. The molecule has 0 aliphatic carbocycles. The van der Waals surface area contributed by atoms with Crippen molar-refractivity contribution in [3.05, 3.63) is 0 Å². The second kappa shape index (κ2) is 5.13. The Balaban J connectivity index is 3.63. The van der Waals surface area contributed by atoms with E-state index in [1.54, 1.807) is 0 Å². The van der Waals surface area contributed by atoms with Crippen molar-refractivity contribution >= 4 is 5.91 Å². The van der Waals surface area contributed by atoms with Crippen LogP contribution in [0.3, 0.4) is 0 Å². The van der Waals surface area contributed by atoms with Crippen LogP contribution in [0.15, 0.2) is 0 Å². The van der Waals surface area contributed by atoms with Crippen LogP contribution in [-0.4, -0.2) is 17.6 Å². The van der Waals surface area contributed by atoms with Crippen molar-refractivity contribution in [1.29, 1.82) is 0 Å². The highest BCUT2D eigenvalue weighted by Crippen LogP contribution is 2.17. The third-order valence-electron chi connectivity index (χ3n) is 2.08. The summed E-state index contributed by atoms with van der Waals surface area (Å²) in [5.41, 5.74) is 5.03. The zero-order valence-corrected chi connectivity index (χ0v) is 7.21. The number of hydrogen-bond acceptors (Lipinski definition) is 2. The Morgan fingerprint density at radius 1 is 1.45 bits per heavy atom. The van der Waals surface area contributed by atoms with Crippen molar-refractivity contribution < 1.29 is 9.90 Å². The molecule has 0 saturated heterocycles. The van der Waals surface area contributed by atoms with Gasteiger partial charge in [0.2, 0.25) is 5.91 Å². The normalized spacial score (nSPS) is 15.9. The lowest BCUT2D eigenvalue weighted by molar-refractivity contribution is -0.119. The molecule has 0 aromatic carbocycles. The van der Waals surface area contributed by atoms with Gasteiger partial charge >= 0.3 is 0 Å². The lowest BCUT2D eigenvalue weighted by Gasteiger charge is -2.16. The van der Waals surface area contributed by atoms with Crippen LogP contribution < -0.4 is 5.73 Å². The lowest BCUT2D eigenvalue weighted by atomic mass is 9.90. The molecule has 0 aromatic heterocycles. The molecule has 0 aliphatic rings. The molecule has 2 atom stereocenters. The summed E-state index contributed by atoms with van der Waals surface area (Å²) in [6.07, 6.45) is 1.16. The van der Waals surface area contributed by atoms with E-state index < -0.39 is 0 Å². The zero-order valence-electron chi connectivity index (χ0n) is 7.21. The molecule has 0 saturated carbocycles. The van der Waals surface area contributed by atoms with Crippen LogP contribution >= 0.6 is 0 Å². The summed E-state index contributed by atoms with van der Waals surface area (Å²) in [7, 11) is 0. The van der Waals surface area contributed by atoms with Crippen molar-refractivity contribution in [2.75, 3.05) is 6.61 Å². The second-order valence-corrected chi connectivity index (χ2v) is 3.14. The van der Waals surface area contributed by atoms with Gasteiger partial charge in [0.05, 0.1) is 0 Å². The van der Waals surface area contributed by atoms with Gasteiger partial charge in [-0.3, -0.25) is 4.79 Å². The SMILES string of the molecule is C[C@H](CCO)[C@@H](C)CC(N)=O. The summed E-state index contributed by atoms with van der Waals surface area (Å²) >= 11 is 0. The molecular formula is C8H17NO2. The summed E-state index contributed by atoms with van der Waals surface area (Å²) in [4.78, 5) is 10.5. The Hall–Kier alpha value is -0.570. The average Bonchev–Trinajstić information content (AvgIpc) is 1.86. The largest absolute Gasteiger partial charge is 0.396 e. The Labute approximate surface area is 67.6 Å². The standard InChI is InChI=1S/C8H17NO2/c1-6(3-4-10)7(2)5-8(9)11/h6-7,10H,3-5H2,1-2H3,(H2,9,11)/t6-,7+/m1/s1. The lowest BCUT2D eigenvalue weighted by Crippen LogP contribution is -2.19. The fourth-order valence-electron chi connectivity index (χ4n) is 1.01. The van der Waals surface area contributed by atoms with Crippen molar-refractivity contribution in [2.24, 2.45) is 17.6 Å². The van der Waals surface area contributed by atoms with E-state index in [4.69, 9.17) is 10.8 Å². The van der Waals surface area contributed by atoms with Crippen LogP contribution in [0.1, 0.15) is 26.7 Å². The Morgan fingerprint density at radius 3 is 2.36 bits per heavy atom. The molecule has 0 bridgehead atoms. The average molecular weight is 159 g/mol. The van der Waals surface area contributed by atoms with Gasteiger partial charge in [0.15, 0.2) is 0 Å². The summed E-state index contributed by atoms with van der Waals surface area (Å²) in [6.45, 7) is 4.18. The summed E-state index contributed by atoms with van der Waals surface area (Å²) in [5.74, 6) is 0.384. The Kier molecular flexibility index (Phi) is 4.86. The number of carbonyl (C=O) groups is 1. The number of rotatable bonds is 5. The molecule has 11 heavy (non-hydrogen) atoms. The summed E-state index contributed by atoms with van der Waals surface area (Å²) in [5, 5.41) is 8.60. The predicted molar refractivity (Wildman–Crippen MR) is 43.8 cm³/mol. The molecule has 0 spiro atoms. The van der Waals surface area contributed by atoms with Gasteiger partial charge in [-0.2, -0.15) is 0 Å². The molecule has 0 unspecified atom stereocenters. The van der Waals surface area contributed by atoms with Crippen molar-refractivity contribution in [3.63, 3.8) is 0 Å². The van der Waals surface area contributed by atoms with Crippen LogP contribution in [0.2, 0.25) is 0 Å². The number of hydrogen-bond donors (Lipinski definition) is 2. The van der Waals surface area contributed by atoms with Crippen LogP contribution in [0, 0.1) is 11.8 Å². The summed E-state index contributed by atoms with van der Waals surface area (Å²) in [6, 6.07) is 0. The summed E-state index contributed by atoms with van der Waals surface area (Å²) < 4.78 is 0. The zero-order chi connectivity index (χ0) is 8.85. The molecule has 66 valence electrons. The van der Waals surface area contributed by atoms with Gasteiger partial charge in [0.1, 0.15) is 0 Å². The number of nitrogens with two attached hydrogens (primary N) is 1.